The van der Waals surface area contributed by atoms with E-state index in [1.807, 2.05) is 12.1 Å². The van der Waals surface area contributed by atoms with Gasteiger partial charge in [0.05, 0.1) is 5.56 Å². The number of phenols is 1. The molecule has 2 aromatic heterocycles. The lowest BCUT2D eigenvalue weighted by atomic mass is 10.2. The summed E-state index contributed by atoms with van der Waals surface area (Å²) in [5, 5.41) is 22.9. The van der Waals surface area contributed by atoms with Crippen LogP contribution in [0.1, 0.15) is 5.82 Å². The normalized spacial score (nSPS) is 11.2. The average molecular weight is 262 g/mol. The number of methoxy groups -OCH3 is 1. The number of rotatable bonds is 3. The summed E-state index contributed by atoms with van der Waals surface area (Å²) in [5.41, 5.74) is 0.691. The molecule has 0 aliphatic rings. The molecular formula is C11H10N4O2S. The van der Waals surface area contributed by atoms with E-state index in [1.54, 1.807) is 23.8 Å². The van der Waals surface area contributed by atoms with Crippen LogP contribution in [0.15, 0.2) is 24.3 Å². The van der Waals surface area contributed by atoms with E-state index in [4.69, 9.17) is 4.74 Å². The molecule has 0 atom stereocenters. The highest BCUT2D eigenvalue weighted by Crippen LogP contribution is 2.31. The summed E-state index contributed by atoms with van der Waals surface area (Å²) < 4.78 is 6.66. The molecule has 0 fully saturated rings. The van der Waals surface area contributed by atoms with Crippen LogP contribution in [0.4, 0.5) is 0 Å². The standard InChI is InChI=1S/C11H10N4O2S/c1-17-6-9-12-13-11-15(9)14-10(18-11)7-4-2-3-5-8(7)16/h2-5,16H,6H2,1H3. The Labute approximate surface area is 106 Å². The van der Waals surface area contributed by atoms with Gasteiger partial charge in [-0.2, -0.15) is 9.61 Å². The summed E-state index contributed by atoms with van der Waals surface area (Å²) in [4.78, 5) is 0.681. The smallest absolute Gasteiger partial charge is 0.235 e. The van der Waals surface area contributed by atoms with Crippen LogP contribution < -0.4 is 0 Å². The van der Waals surface area contributed by atoms with Crippen molar-refractivity contribution in [2.45, 2.75) is 6.61 Å². The Kier molecular flexibility index (Phi) is 2.69. The van der Waals surface area contributed by atoms with Gasteiger partial charge in [-0.3, -0.25) is 0 Å². The van der Waals surface area contributed by atoms with Gasteiger partial charge in [-0.1, -0.05) is 23.5 Å². The van der Waals surface area contributed by atoms with Gasteiger partial charge in [0.2, 0.25) is 4.96 Å². The van der Waals surface area contributed by atoms with Crippen molar-refractivity contribution in [2.75, 3.05) is 7.11 Å². The first-order chi connectivity index (χ1) is 8.79. The van der Waals surface area contributed by atoms with Crippen molar-refractivity contribution >= 4 is 16.3 Å². The number of nitrogens with zero attached hydrogens (tertiary/aromatic N) is 4. The third kappa shape index (κ3) is 1.73. The minimum absolute atomic E-state index is 0.204. The summed E-state index contributed by atoms with van der Waals surface area (Å²) >= 11 is 1.37. The fourth-order valence-electron chi connectivity index (χ4n) is 1.64. The number of aromatic hydroxyl groups is 1. The molecule has 2 heterocycles. The minimum Gasteiger partial charge on any atom is -0.507 e. The fraction of sp³-hybridized carbons (Fsp3) is 0.182. The molecule has 7 heteroatoms. The molecule has 6 nitrogen and oxygen atoms in total. The van der Waals surface area contributed by atoms with Crippen molar-refractivity contribution in [3.8, 4) is 16.3 Å². The summed E-state index contributed by atoms with van der Waals surface area (Å²) in [6.07, 6.45) is 0. The quantitative estimate of drug-likeness (QED) is 0.777. The van der Waals surface area contributed by atoms with Gasteiger partial charge in [-0.25, -0.2) is 0 Å². The van der Waals surface area contributed by atoms with Gasteiger partial charge in [-0.15, -0.1) is 10.2 Å². The molecule has 0 bridgehead atoms. The van der Waals surface area contributed by atoms with Gasteiger partial charge in [0.15, 0.2) is 10.8 Å². The molecular weight excluding hydrogens is 252 g/mol. The zero-order valence-electron chi connectivity index (χ0n) is 9.57. The monoisotopic (exact) mass is 262 g/mol. The van der Waals surface area contributed by atoms with Crippen LogP contribution in [-0.2, 0) is 11.3 Å². The maximum atomic E-state index is 9.80. The predicted octanol–water partition coefficient (Wildman–Crippen LogP) is 1.70. The second-order valence-electron chi connectivity index (χ2n) is 3.67. The highest BCUT2D eigenvalue weighted by Gasteiger charge is 2.14. The molecule has 1 N–H and O–H groups in total. The van der Waals surface area contributed by atoms with Gasteiger partial charge in [-0.05, 0) is 12.1 Å². The van der Waals surface area contributed by atoms with Gasteiger partial charge in [0.25, 0.3) is 0 Å². The Bertz CT molecular complexity index is 691. The molecule has 0 saturated heterocycles. The molecule has 0 aliphatic heterocycles. The van der Waals surface area contributed by atoms with Crippen molar-refractivity contribution in [2.24, 2.45) is 0 Å². The first-order valence-corrected chi connectivity index (χ1v) is 6.09. The van der Waals surface area contributed by atoms with E-state index in [1.165, 1.54) is 11.3 Å². The van der Waals surface area contributed by atoms with Crippen LogP contribution in [0, 0.1) is 0 Å². The minimum atomic E-state index is 0.204. The molecule has 1 aromatic carbocycles. The van der Waals surface area contributed by atoms with Crippen LogP contribution in [0.3, 0.4) is 0 Å². The number of hydrogen-bond donors (Lipinski definition) is 1. The van der Waals surface area contributed by atoms with Crippen molar-refractivity contribution < 1.29 is 9.84 Å². The second-order valence-corrected chi connectivity index (χ2v) is 4.62. The molecule has 0 amide bonds. The maximum Gasteiger partial charge on any atom is 0.235 e. The Morgan fingerprint density at radius 3 is 2.94 bits per heavy atom. The van der Waals surface area contributed by atoms with E-state index in [0.717, 1.165) is 0 Å². The predicted molar refractivity (Wildman–Crippen MR) is 66.5 cm³/mol. The number of ether oxygens (including phenoxy) is 1. The van der Waals surface area contributed by atoms with Crippen molar-refractivity contribution in [3.05, 3.63) is 30.1 Å². The molecule has 3 aromatic rings. The number of fused-ring (bicyclic) bond motifs is 1. The lowest BCUT2D eigenvalue weighted by molar-refractivity contribution is 0.176. The number of para-hydroxylation sites is 1. The van der Waals surface area contributed by atoms with Gasteiger partial charge in [0.1, 0.15) is 12.4 Å². The second kappa shape index (κ2) is 4.35. The summed E-state index contributed by atoms with van der Waals surface area (Å²) in [7, 11) is 1.59. The van der Waals surface area contributed by atoms with Crippen LogP contribution >= 0.6 is 11.3 Å². The fourth-order valence-corrected chi connectivity index (χ4v) is 2.53. The molecule has 0 saturated carbocycles. The summed E-state index contributed by atoms with van der Waals surface area (Å²) in [6.45, 7) is 0.352. The van der Waals surface area contributed by atoms with E-state index >= 15 is 0 Å². The number of phenolic OH excluding ortho intramolecular Hbond substituents is 1. The van der Waals surface area contributed by atoms with Gasteiger partial charge in [0, 0.05) is 7.11 Å². The molecule has 0 aliphatic carbocycles. The van der Waals surface area contributed by atoms with E-state index < -0.39 is 0 Å². The lowest BCUT2D eigenvalue weighted by Crippen LogP contribution is -1.97. The Hall–Kier alpha value is -1.99. The molecule has 0 radical (unpaired) electrons. The third-order valence-electron chi connectivity index (χ3n) is 2.46. The molecule has 92 valence electrons. The van der Waals surface area contributed by atoms with Gasteiger partial charge >= 0.3 is 0 Å². The van der Waals surface area contributed by atoms with E-state index in [0.29, 0.717) is 28.0 Å². The third-order valence-corrected chi connectivity index (χ3v) is 3.40. The zero-order chi connectivity index (χ0) is 12.5. The highest BCUT2D eigenvalue weighted by atomic mass is 32.1. The van der Waals surface area contributed by atoms with Crippen molar-refractivity contribution in [1.82, 2.24) is 19.8 Å². The molecule has 0 spiro atoms. The van der Waals surface area contributed by atoms with E-state index in [9.17, 15) is 5.11 Å². The van der Waals surface area contributed by atoms with Crippen LogP contribution in [0.25, 0.3) is 15.5 Å². The Morgan fingerprint density at radius 2 is 2.17 bits per heavy atom. The van der Waals surface area contributed by atoms with Crippen molar-refractivity contribution in [3.63, 3.8) is 0 Å². The topological polar surface area (TPSA) is 72.5 Å². The summed E-state index contributed by atoms with van der Waals surface area (Å²) in [5.74, 6) is 0.848. The molecule has 18 heavy (non-hydrogen) atoms. The SMILES string of the molecule is COCc1nnc2sc(-c3ccccc3O)nn12. The molecule has 0 unspecified atom stereocenters. The maximum absolute atomic E-state index is 9.80. The number of benzene rings is 1. The molecule has 3 rings (SSSR count). The average Bonchev–Trinajstić information content (AvgIpc) is 2.92. The Balaban J connectivity index is 2.11. The number of hydrogen-bond acceptors (Lipinski definition) is 6. The van der Waals surface area contributed by atoms with E-state index in [2.05, 4.69) is 15.3 Å². The largest absolute Gasteiger partial charge is 0.507 e. The summed E-state index contributed by atoms with van der Waals surface area (Å²) in [6, 6.07) is 7.08. The van der Waals surface area contributed by atoms with Crippen molar-refractivity contribution in [1.29, 1.82) is 0 Å². The van der Waals surface area contributed by atoms with Gasteiger partial charge < -0.3 is 9.84 Å². The van der Waals surface area contributed by atoms with E-state index in [-0.39, 0.29) is 5.75 Å². The first-order valence-electron chi connectivity index (χ1n) is 5.28. The van der Waals surface area contributed by atoms with Crippen LogP contribution in [-0.4, -0.2) is 32.0 Å². The zero-order valence-corrected chi connectivity index (χ0v) is 10.4. The first kappa shape index (κ1) is 11.1. The Morgan fingerprint density at radius 1 is 1.33 bits per heavy atom. The lowest BCUT2D eigenvalue weighted by Gasteiger charge is -1.98. The van der Waals surface area contributed by atoms with Crippen LogP contribution in [0.2, 0.25) is 0 Å². The number of aromatic nitrogens is 4. The highest BCUT2D eigenvalue weighted by molar-refractivity contribution is 7.19. The van der Waals surface area contributed by atoms with Crippen LogP contribution in [0.5, 0.6) is 5.75 Å².